The van der Waals surface area contributed by atoms with E-state index in [2.05, 4.69) is 11.9 Å². The number of likely N-dealkylation sites (N-methyl/N-ethyl adjacent to an activating group) is 1. The molecule has 5 heteroatoms. The number of nitrogens with zero attached hydrogens (tertiary/aromatic N) is 1. The first kappa shape index (κ1) is 16.0. The van der Waals surface area contributed by atoms with Crippen molar-refractivity contribution < 1.29 is 14.3 Å². The minimum atomic E-state index is -0.202. The molecule has 2 rings (SSSR count). The van der Waals surface area contributed by atoms with Gasteiger partial charge in [-0.1, -0.05) is 6.58 Å². The molecule has 2 aliphatic rings. The molecule has 0 aromatic carbocycles. The van der Waals surface area contributed by atoms with Gasteiger partial charge in [0.2, 0.25) is 11.8 Å². The molecule has 1 saturated carbocycles. The molecular weight excluding hydrogens is 268 g/mol. The van der Waals surface area contributed by atoms with Gasteiger partial charge >= 0.3 is 0 Å². The second-order valence-corrected chi connectivity index (χ2v) is 6.10. The van der Waals surface area contributed by atoms with Crippen LogP contribution in [0.2, 0.25) is 0 Å². The predicted molar refractivity (Wildman–Crippen MR) is 80.7 cm³/mol. The molecule has 1 aliphatic carbocycles. The van der Waals surface area contributed by atoms with Gasteiger partial charge in [-0.25, -0.2) is 0 Å². The van der Waals surface area contributed by atoms with Crippen LogP contribution in [0, 0.1) is 5.92 Å². The monoisotopic (exact) mass is 294 g/mol. The zero-order valence-corrected chi connectivity index (χ0v) is 12.9. The third kappa shape index (κ3) is 4.06. The van der Waals surface area contributed by atoms with Crippen LogP contribution in [0.25, 0.3) is 0 Å². The van der Waals surface area contributed by atoms with Gasteiger partial charge in [0.1, 0.15) is 0 Å². The Morgan fingerprint density at radius 2 is 2.24 bits per heavy atom. The Hall–Kier alpha value is -1.36. The van der Waals surface area contributed by atoms with Crippen LogP contribution in [-0.2, 0) is 14.3 Å². The van der Waals surface area contributed by atoms with Gasteiger partial charge in [-0.3, -0.25) is 9.59 Å². The summed E-state index contributed by atoms with van der Waals surface area (Å²) in [7, 11) is 0. The van der Waals surface area contributed by atoms with Gasteiger partial charge in [0, 0.05) is 19.7 Å². The quantitative estimate of drug-likeness (QED) is 0.755. The highest BCUT2D eigenvalue weighted by molar-refractivity contribution is 5.90. The van der Waals surface area contributed by atoms with Crippen LogP contribution < -0.4 is 5.32 Å². The number of hydrogen-bond donors (Lipinski definition) is 1. The Bertz CT molecular complexity index is 404. The average molecular weight is 294 g/mol. The molecular formula is C16H26N2O3. The normalized spacial score (nSPS) is 23.2. The Kier molecular flexibility index (Phi) is 5.39. The molecule has 21 heavy (non-hydrogen) atoms. The van der Waals surface area contributed by atoms with Crippen molar-refractivity contribution in [2.45, 2.75) is 44.6 Å². The van der Waals surface area contributed by atoms with Gasteiger partial charge < -0.3 is 15.0 Å². The van der Waals surface area contributed by atoms with Crippen LogP contribution in [0.1, 0.15) is 39.0 Å². The maximum absolute atomic E-state index is 11.9. The van der Waals surface area contributed by atoms with E-state index in [1.54, 1.807) is 0 Å². The first-order chi connectivity index (χ1) is 10.1. The van der Waals surface area contributed by atoms with Gasteiger partial charge in [0.05, 0.1) is 12.1 Å². The molecule has 2 amide bonds. The van der Waals surface area contributed by atoms with Crippen molar-refractivity contribution >= 4 is 11.8 Å². The lowest BCUT2D eigenvalue weighted by molar-refractivity contribution is -0.144. The molecule has 0 bridgehead atoms. The fraction of sp³-hybridized carbons (Fsp3) is 0.750. The van der Waals surface area contributed by atoms with Crippen LogP contribution >= 0.6 is 0 Å². The van der Waals surface area contributed by atoms with E-state index in [0.717, 1.165) is 32.3 Å². The van der Waals surface area contributed by atoms with E-state index in [0.29, 0.717) is 19.0 Å². The van der Waals surface area contributed by atoms with Crippen molar-refractivity contribution in [1.29, 1.82) is 0 Å². The van der Waals surface area contributed by atoms with Crippen molar-refractivity contribution in [3.63, 3.8) is 0 Å². The first-order valence-electron chi connectivity index (χ1n) is 7.90. The molecule has 1 spiro atoms. The summed E-state index contributed by atoms with van der Waals surface area (Å²) in [5.74, 6) is 0.196. The third-order valence-corrected chi connectivity index (χ3v) is 4.65. The van der Waals surface area contributed by atoms with Gasteiger partial charge in [-0.15, -0.1) is 0 Å². The second kappa shape index (κ2) is 7.07. The number of amides is 2. The van der Waals surface area contributed by atoms with E-state index < -0.39 is 0 Å². The highest BCUT2D eigenvalue weighted by Gasteiger charge is 2.42. The second-order valence-electron chi connectivity index (χ2n) is 6.10. The predicted octanol–water partition coefficient (Wildman–Crippen LogP) is 1.49. The van der Waals surface area contributed by atoms with E-state index >= 15 is 0 Å². The molecule has 1 aliphatic heterocycles. The average Bonchev–Trinajstić information content (AvgIpc) is 2.48. The summed E-state index contributed by atoms with van der Waals surface area (Å²) in [4.78, 5) is 25.0. The number of ether oxygens (including phenoxy) is 1. The summed E-state index contributed by atoms with van der Waals surface area (Å²) in [5, 5.41) is 2.96. The molecule has 118 valence electrons. The molecule has 1 heterocycles. The van der Waals surface area contributed by atoms with Gasteiger partial charge in [-0.05, 0) is 51.0 Å². The molecule has 1 N–H and O–H groups in total. The van der Waals surface area contributed by atoms with Crippen LogP contribution in [0.3, 0.4) is 0 Å². The Morgan fingerprint density at radius 1 is 1.48 bits per heavy atom. The summed E-state index contributed by atoms with van der Waals surface area (Å²) in [6, 6.07) is 0. The van der Waals surface area contributed by atoms with Gasteiger partial charge in [0.25, 0.3) is 0 Å². The maximum atomic E-state index is 11.9. The lowest BCUT2D eigenvalue weighted by atomic mass is 9.72. The van der Waals surface area contributed by atoms with Crippen LogP contribution in [-0.4, -0.2) is 48.6 Å². The molecule has 0 aromatic heterocycles. The van der Waals surface area contributed by atoms with Crippen molar-refractivity contribution in [2.24, 2.45) is 5.92 Å². The Labute approximate surface area is 126 Å². The molecule has 0 radical (unpaired) electrons. The lowest BCUT2D eigenvalue weighted by Gasteiger charge is -2.47. The molecule has 1 atom stereocenters. The molecule has 2 fully saturated rings. The summed E-state index contributed by atoms with van der Waals surface area (Å²) in [6.07, 6.45) is 6.88. The minimum Gasteiger partial charge on any atom is -0.375 e. The largest absolute Gasteiger partial charge is 0.375 e. The smallest absolute Gasteiger partial charge is 0.246 e. The first-order valence-corrected chi connectivity index (χ1v) is 7.90. The number of carbonyl (C=O) groups is 2. The van der Waals surface area contributed by atoms with Gasteiger partial charge in [-0.2, -0.15) is 0 Å². The van der Waals surface area contributed by atoms with Crippen LogP contribution in [0.15, 0.2) is 12.7 Å². The van der Waals surface area contributed by atoms with Crippen molar-refractivity contribution in [1.82, 2.24) is 10.2 Å². The fourth-order valence-electron chi connectivity index (χ4n) is 3.19. The van der Waals surface area contributed by atoms with E-state index in [9.17, 15) is 9.59 Å². The lowest BCUT2D eigenvalue weighted by Crippen LogP contribution is -2.48. The standard InChI is InChI=1S/C16H26N2O3/c1-3-15(20)18(4-2)12-14(19)17-11-13-6-9-21-16(10-13)7-5-8-16/h3,13H,1,4-12H2,2H3,(H,17,19). The SMILES string of the molecule is C=CC(=O)N(CC)CC(=O)NCC1CCOC2(CCC2)C1. The molecule has 5 nitrogen and oxygen atoms in total. The van der Waals surface area contributed by atoms with Crippen molar-refractivity contribution in [3.05, 3.63) is 12.7 Å². The van der Waals surface area contributed by atoms with E-state index in [1.807, 2.05) is 6.92 Å². The Morgan fingerprint density at radius 3 is 2.81 bits per heavy atom. The minimum absolute atomic E-state index is 0.0961. The molecule has 0 aromatic rings. The molecule has 1 saturated heterocycles. The highest BCUT2D eigenvalue weighted by Crippen LogP contribution is 2.43. The topological polar surface area (TPSA) is 58.6 Å². The van der Waals surface area contributed by atoms with Crippen molar-refractivity contribution in [2.75, 3.05) is 26.2 Å². The van der Waals surface area contributed by atoms with Crippen LogP contribution in [0.5, 0.6) is 0 Å². The zero-order valence-electron chi connectivity index (χ0n) is 12.9. The van der Waals surface area contributed by atoms with Gasteiger partial charge in [0.15, 0.2) is 0 Å². The Balaban J connectivity index is 1.73. The summed E-state index contributed by atoms with van der Waals surface area (Å²) < 4.78 is 5.89. The number of rotatable bonds is 6. The summed E-state index contributed by atoms with van der Waals surface area (Å²) >= 11 is 0. The van der Waals surface area contributed by atoms with E-state index in [4.69, 9.17) is 4.74 Å². The summed E-state index contributed by atoms with van der Waals surface area (Å²) in [6.45, 7) is 7.41. The number of hydrogen-bond acceptors (Lipinski definition) is 3. The number of carbonyl (C=O) groups excluding carboxylic acids is 2. The van der Waals surface area contributed by atoms with Crippen LogP contribution in [0.4, 0.5) is 0 Å². The van der Waals surface area contributed by atoms with E-state index in [-0.39, 0.29) is 24.0 Å². The maximum Gasteiger partial charge on any atom is 0.246 e. The third-order valence-electron chi connectivity index (χ3n) is 4.65. The number of nitrogens with one attached hydrogen (secondary N) is 1. The summed E-state index contributed by atoms with van der Waals surface area (Å²) in [5.41, 5.74) is 0.113. The molecule has 1 unspecified atom stereocenters. The highest BCUT2D eigenvalue weighted by atomic mass is 16.5. The van der Waals surface area contributed by atoms with Crippen molar-refractivity contribution in [3.8, 4) is 0 Å². The van der Waals surface area contributed by atoms with E-state index in [1.165, 1.54) is 17.4 Å². The fourth-order valence-corrected chi connectivity index (χ4v) is 3.19. The zero-order chi connectivity index (χ0) is 15.3.